The van der Waals surface area contributed by atoms with Crippen LogP contribution in [0, 0.1) is 12.7 Å². The van der Waals surface area contributed by atoms with E-state index in [1.807, 2.05) is 25.1 Å². The van der Waals surface area contributed by atoms with Crippen molar-refractivity contribution < 1.29 is 13.5 Å². The highest BCUT2D eigenvalue weighted by Crippen LogP contribution is 2.26. The molecule has 2 atom stereocenters. The first-order valence-corrected chi connectivity index (χ1v) is 9.03. The molecule has 0 amide bonds. The lowest BCUT2D eigenvalue weighted by Gasteiger charge is -2.36. The van der Waals surface area contributed by atoms with E-state index in [2.05, 4.69) is 9.80 Å². The largest absolute Gasteiger partial charge is 0.465 e. The number of hydrogen-bond donors (Lipinski definition) is 0. The second kappa shape index (κ2) is 7.08. The number of fused-ring (bicyclic) bond motifs is 1. The molecule has 0 N–H and O–H groups in total. The van der Waals surface area contributed by atoms with Crippen molar-refractivity contribution in [3.8, 4) is 0 Å². The Morgan fingerprint density at radius 1 is 1.20 bits per heavy atom. The molecule has 3 heterocycles. The Kier molecular flexibility index (Phi) is 4.82. The third kappa shape index (κ3) is 3.75. The third-order valence-electron chi connectivity index (χ3n) is 5.04. The third-order valence-corrected chi connectivity index (χ3v) is 5.34. The fourth-order valence-electron chi connectivity index (χ4n) is 3.83. The molecule has 0 aliphatic carbocycles. The molecule has 2 aromatic rings. The molecule has 2 fully saturated rings. The Morgan fingerprint density at radius 2 is 2.08 bits per heavy atom. The molecular weight excluding hydrogens is 343 g/mol. The molecule has 0 radical (unpaired) electrons. The van der Waals surface area contributed by atoms with Crippen LogP contribution in [-0.2, 0) is 17.8 Å². The molecule has 2 aliphatic rings. The van der Waals surface area contributed by atoms with Gasteiger partial charge in [0.15, 0.2) is 0 Å². The fraction of sp³-hybridized carbons (Fsp3) is 0.474. The lowest BCUT2D eigenvalue weighted by Crippen LogP contribution is -2.50. The van der Waals surface area contributed by atoms with Gasteiger partial charge in [0.1, 0.15) is 17.3 Å². The summed E-state index contributed by atoms with van der Waals surface area (Å²) in [7, 11) is 0. The van der Waals surface area contributed by atoms with Crippen molar-refractivity contribution in [2.45, 2.75) is 32.2 Å². The van der Waals surface area contributed by atoms with Gasteiger partial charge in [-0.25, -0.2) is 4.39 Å². The van der Waals surface area contributed by atoms with E-state index in [1.54, 1.807) is 6.07 Å². The summed E-state index contributed by atoms with van der Waals surface area (Å²) in [6.45, 7) is 6.90. The van der Waals surface area contributed by atoms with Gasteiger partial charge in [0.25, 0.3) is 0 Å². The number of furan rings is 1. The monoisotopic (exact) mass is 364 g/mol. The maximum Gasteiger partial charge on any atom is 0.142 e. The summed E-state index contributed by atoms with van der Waals surface area (Å²) in [5.41, 5.74) is 0.939. The zero-order chi connectivity index (χ0) is 17.4. The SMILES string of the molecule is Cc1ccc(CN2CCO[C@@H]3CN(Cc4ccc(Cl)c(F)c4)C[C@@H]32)o1. The van der Waals surface area contributed by atoms with Gasteiger partial charge in [-0.2, -0.15) is 0 Å². The minimum atomic E-state index is -0.359. The van der Waals surface area contributed by atoms with Crippen molar-refractivity contribution in [3.05, 3.63) is 58.3 Å². The molecule has 134 valence electrons. The van der Waals surface area contributed by atoms with Crippen LogP contribution in [0.4, 0.5) is 4.39 Å². The van der Waals surface area contributed by atoms with Crippen LogP contribution in [0.1, 0.15) is 17.1 Å². The van der Waals surface area contributed by atoms with E-state index < -0.39 is 0 Å². The van der Waals surface area contributed by atoms with Gasteiger partial charge in [0, 0.05) is 26.2 Å². The van der Waals surface area contributed by atoms with Gasteiger partial charge in [-0.15, -0.1) is 0 Å². The van der Waals surface area contributed by atoms with Crippen LogP contribution in [0.25, 0.3) is 0 Å². The predicted molar refractivity (Wildman–Crippen MR) is 94.1 cm³/mol. The first-order chi connectivity index (χ1) is 12.1. The summed E-state index contributed by atoms with van der Waals surface area (Å²) in [5, 5.41) is 0.169. The van der Waals surface area contributed by atoms with E-state index >= 15 is 0 Å². The number of morpholine rings is 1. The average molecular weight is 365 g/mol. The zero-order valence-corrected chi connectivity index (χ0v) is 15.0. The van der Waals surface area contributed by atoms with Crippen LogP contribution in [-0.4, -0.2) is 48.2 Å². The lowest BCUT2D eigenvalue weighted by molar-refractivity contribution is -0.0523. The van der Waals surface area contributed by atoms with Gasteiger partial charge >= 0.3 is 0 Å². The van der Waals surface area contributed by atoms with Gasteiger partial charge in [-0.1, -0.05) is 17.7 Å². The molecule has 4 rings (SSSR count). The van der Waals surface area contributed by atoms with E-state index in [9.17, 15) is 4.39 Å². The average Bonchev–Trinajstić information content (AvgIpc) is 3.17. The smallest absolute Gasteiger partial charge is 0.142 e. The normalized spacial score (nSPS) is 24.6. The number of halogens is 2. The van der Waals surface area contributed by atoms with Gasteiger partial charge in [-0.05, 0) is 36.8 Å². The highest BCUT2D eigenvalue weighted by molar-refractivity contribution is 6.30. The van der Waals surface area contributed by atoms with Crippen LogP contribution in [0.3, 0.4) is 0 Å². The molecule has 2 saturated heterocycles. The Hall–Kier alpha value is -1.40. The van der Waals surface area contributed by atoms with E-state index in [-0.39, 0.29) is 16.9 Å². The molecule has 25 heavy (non-hydrogen) atoms. The van der Waals surface area contributed by atoms with Crippen molar-refractivity contribution in [3.63, 3.8) is 0 Å². The van der Waals surface area contributed by atoms with Gasteiger partial charge < -0.3 is 9.15 Å². The number of nitrogens with zero attached hydrogens (tertiary/aromatic N) is 2. The van der Waals surface area contributed by atoms with E-state index in [1.165, 1.54) is 6.07 Å². The predicted octanol–water partition coefficient (Wildman–Crippen LogP) is 3.47. The topological polar surface area (TPSA) is 28.9 Å². The molecule has 1 aromatic carbocycles. The quantitative estimate of drug-likeness (QED) is 0.830. The van der Waals surface area contributed by atoms with Crippen LogP contribution in [0.15, 0.2) is 34.7 Å². The fourth-order valence-corrected chi connectivity index (χ4v) is 3.94. The van der Waals surface area contributed by atoms with Crippen molar-refractivity contribution in [2.24, 2.45) is 0 Å². The number of hydrogen-bond acceptors (Lipinski definition) is 4. The Labute approximate surface area is 152 Å². The standard InChI is InChI=1S/C19H22ClFN2O2/c1-13-2-4-15(25-13)10-23-6-7-24-19-12-22(11-18(19)23)9-14-3-5-16(20)17(21)8-14/h2-5,8,18-19H,6-7,9-12H2,1H3/t18-,19+/m0/s1. The Balaban J connectivity index is 1.42. The molecule has 6 heteroatoms. The molecule has 0 bridgehead atoms. The maximum absolute atomic E-state index is 13.7. The molecule has 0 spiro atoms. The number of likely N-dealkylation sites (tertiary alicyclic amines) is 1. The zero-order valence-electron chi connectivity index (χ0n) is 14.3. The van der Waals surface area contributed by atoms with Gasteiger partial charge in [0.2, 0.25) is 0 Å². The second-order valence-corrected chi connectivity index (χ2v) is 7.31. The summed E-state index contributed by atoms with van der Waals surface area (Å²) in [6, 6.07) is 9.42. The van der Waals surface area contributed by atoms with Crippen molar-refractivity contribution in [2.75, 3.05) is 26.2 Å². The maximum atomic E-state index is 13.7. The van der Waals surface area contributed by atoms with Gasteiger partial charge in [-0.3, -0.25) is 9.80 Å². The van der Waals surface area contributed by atoms with E-state index in [0.29, 0.717) is 12.6 Å². The summed E-state index contributed by atoms with van der Waals surface area (Å²) in [4.78, 5) is 4.76. The van der Waals surface area contributed by atoms with Crippen LogP contribution >= 0.6 is 11.6 Å². The first-order valence-electron chi connectivity index (χ1n) is 8.66. The number of rotatable bonds is 4. The number of benzene rings is 1. The minimum Gasteiger partial charge on any atom is -0.465 e. The van der Waals surface area contributed by atoms with Crippen LogP contribution in [0.2, 0.25) is 5.02 Å². The lowest BCUT2D eigenvalue weighted by atomic mass is 10.1. The van der Waals surface area contributed by atoms with Crippen LogP contribution < -0.4 is 0 Å². The molecular formula is C19H22ClFN2O2. The van der Waals surface area contributed by atoms with Crippen molar-refractivity contribution in [1.29, 1.82) is 0 Å². The first kappa shape index (κ1) is 17.0. The summed E-state index contributed by atoms with van der Waals surface area (Å²) in [6.07, 6.45) is 0.196. The summed E-state index contributed by atoms with van der Waals surface area (Å²) in [5.74, 6) is 1.58. The highest BCUT2D eigenvalue weighted by atomic mass is 35.5. The van der Waals surface area contributed by atoms with Gasteiger partial charge in [0.05, 0.1) is 30.3 Å². The van der Waals surface area contributed by atoms with E-state index in [4.69, 9.17) is 20.8 Å². The van der Waals surface area contributed by atoms with Crippen LogP contribution in [0.5, 0.6) is 0 Å². The number of ether oxygens (including phenoxy) is 1. The summed E-state index contributed by atoms with van der Waals surface area (Å²) >= 11 is 5.77. The van der Waals surface area contributed by atoms with Crippen molar-refractivity contribution >= 4 is 11.6 Å². The Morgan fingerprint density at radius 3 is 2.84 bits per heavy atom. The Bertz CT molecular complexity index is 751. The second-order valence-electron chi connectivity index (χ2n) is 6.90. The molecule has 1 aromatic heterocycles. The van der Waals surface area contributed by atoms with E-state index in [0.717, 1.165) is 49.9 Å². The molecule has 0 unspecified atom stereocenters. The molecule has 0 saturated carbocycles. The molecule has 2 aliphatic heterocycles. The summed E-state index contributed by atoms with van der Waals surface area (Å²) < 4.78 is 25.4. The minimum absolute atomic E-state index is 0.169. The number of aryl methyl sites for hydroxylation is 1. The molecule has 4 nitrogen and oxygen atoms in total. The van der Waals surface area contributed by atoms with Crippen molar-refractivity contribution in [1.82, 2.24) is 9.80 Å². The highest BCUT2D eigenvalue weighted by Gasteiger charge is 2.40.